The van der Waals surface area contributed by atoms with Gasteiger partial charge in [0, 0.05) is 0 Å². The van der Waals surface area contributed by atoms with Gasteiger partial charge in [0.25, 0.3) is 0 Å². The number of hydrogen-bond donors (Lipinski definition) is 2. The van der Waals surface area contributed by atoms with Gasteiger partial charge in [0.05, 0.1) is 12.2 Å². The monoisotopic (exact) mass is 268 g/mol. The third-order valence-corrected chi connectivity index (χ3v) is 2.73. The molecule has 0 aliphatic heterocycles. The molecule has 0 aliphatic carbocycles. The summed E-state index contributed by atoms with van der Waals surface area (Å²) in [6.07, 6.45) is 1.97. The van der Waals surface area contributed by atoms with Crippen LogP contribution < -0.4 is 0 Å². The molecule has 0 amide bonds. The molecule has 0 aliphatic rings. The van der Waals surface area contributed by atoms with Crippen molar-refractivity contribution >= 4 is 0 Å². The highest BCUT2D eigenvalue weighted by Crippen LogP contribution is 2.12. The lowest BCUT2D eigenvalue weighted by Gasteiger charge is -2.02. The maximum absolute atomic E-state index is 9.21. The predicted molar refractivity (Wildman–Crippen MR) is 83.2 cm³/mol. The van der Waals surface area contributed by atoms with Gasteiger partial charge in [0.15, 0.2) is 0 Å². The second-order valence-corrected chi connectivity index (χ2v) is 4.18. The minimum absolute atomic E-state index is 0.527. The average molecular weight is 268 g/mol. The van der Waals surface area contributed by atoms with Gasteiger partial charge in [0.2, 0.25) is 0 Å². The topological polar surface area (TPSA) is 40.5 Å². The van der Waals surface area contributed by atoms with Gasteiger partial charge in [-0.1, -0.05) is 72.8 Å². The second kappa shape index (κ2) is 8.86. The lowest BCUT2D eigenvalue weighted by Crippen LogP contribution is -1.90. The van der Waals surface area contributed by atoms with E-state index in [1.54, 1.807) is 0 Å². The zero-order valence-corrected chi connectivity index (χ0v) is 11.4. The standard InChI is InChI=1S/2C9H10O/c2*1-2-9(10)8-6-4-3-5-7-8/h2*2-7,9-10H,1H2. The summed E-state index contributed by atoms with van der Waals surface area (Å²) in [7, 11) is 0. The van der Waals surface area contributed by atoms with Crippen LogP contribution in [0.1, 0.15) is 23.3 Å². The number of aliphatic hydroxyl groups excluding tert-OH is 2. The number of hydrogen-bond acceptors (Lipinski definition) is 2. The SMILES string of the molecule is C=CC(O)c1ccccc1.C=CC(O)c1ccccc1. The van der Waals surface area contributed by atoms with Crippen molar-refractivity contribution in [1.82, 2.24) is 0 Å². The predicted octanol–water partition coefficient (Wildman–Crippen LogP) is 3.81. The quantitative estimate of drug-likeness (QED) is 0.828. The van der Waals surface area contributed by atoms with Crippen molar-refractivity contribution in [2.75, 3.05) is 0 Å². The first-order chi connectivity index (χ1) is 9.69. The van der Waals surface area contributed by atoms with Crippen LogP contribution in [0.5, 0.6) is 0 Å². The maximum Gasteiger partial charge on any atom is 0.0969 e. The van der Waals surface area contributed by atoms with E-state index in [9.17, 15) is 10.2 Å². The Kier molecular flexibility index (Phi) is 7.04. The zero-order chi connectivity index (χ0) is 14.8. The Morgan fingerprint density at radius 3 is 1.20 bits per heavy atom. The van der Waals surface area contributed by atoms with Gasteiger partial charge >= 0.3 is 0 Å². The Balaban J connectivity index is 0.000000200. The van der Waals surface area contributed by atoms with E-state index in [1.165, 1.54) is 12.2 Å². The van der Waals surface area contributed by atoms with Crippen LogP contribution >= 0.6 is 0 Å². The molecule has 20 heavy (non-hydrogen) atoms. The van der Waals surface area contributed by atoms with E-state index in [1.807, 2.05) is 60.7 Å². The molecule has 2 nitrogen and oxygen atoms in total. The van der Waals surface area contributed by atoms with E-state index >= 15 is 0 Å². The zero-order valence-electron chi connectivity index (χ0n) is 11.4. The van der Waals surface area contributed by atoms with Crippen molar-refractivity contribution in [3.05, 3.63) is 97.1 Å². The second-order valence-electron chi connectivity index (χ2n) is 4.18. The molecule has 2 aromatic rings. The highest BCUT2D eigenvalue weighted by Gasteiger charge is 1.98. The molecule has 0 fully saturated rings. The van der Waals surface area contributed by atoms with Crippen molar-refractivity contribution in [3.8, 4) is 0 Å². The van der Waals surface area contributed by atoms with E-state index in [-0.39, 0.29) is 0 Å². The van der Waals surface area contributed by atoms with Crippen molar-refractivity contribution in [2.24, 2.45) is 0 Å². The highest BCUT2D eigenvalue weighted by molar-refractivity contribution is 5.20. The van der Waals surface area contributed by atoms with Gasteiger partial charge in [-0.15, -0.1) is 13.2 Å². The van der Waals surface area contributed by atoms with Crippen LogP contribution in [0.4, 0.5) is 0 Å². The van der Waals surface area contributed by atoms with E-state index in [4.69, 9.17) is 0 Å². The third-order valence-electron chi connectivity index (χ3n) is 2.73. The van der Waals surface area contributed by atoms with Gasteiger partial charge in [-0.25, -0.2) is 0 Å². The van der Waals surface area contributed by atoms with Crippen LogP contribution in [0.3, 0.4) is 0 Å². The smallest absolute Gasteiger partial charge is 0.0969 e. The largest absolute Gasteiger partial charge is 0.384 e. The molecule has 2 N–H and O–H groups in total. The molecule has 2 heteroatoms. The van der Waals surface area contributed by atoms with Crippen LogP contribution in [0.2, 0.25) is 0 Å². The first kappa shape index (κ1) is 15.9. The van der Waals surface area contributed by atoms with E-state index in [0.29, 0.717) is 0 Å². The van der Waals surface area contributed by atoms with E-state index in [2.05, 4.69) is 13.2 Å². The lowest BCUT2D eigenvalue weighted by molar-refractivity contribution is 0.229. The Hall–Kier alpha value is -2.16. The van der Waals surface area contributed by atoms with Crippen molar-refractivity contribution in [1.29, 1.82) is 0 Å². The third kappa shape index (κ3) is 5.22. The van der Waals surface area contributed by atoms with Gasteiger partial charge in [-0.3, -0.25) is 0 Å². The van der Waals surface area contributed by atoms with Gasteiger partial charge < -0.3 is 10.2 Å². The molecular weight excluding hydrogens is 248 g/mol. The van der Waals surface area contributed by atoms with Crippen molar-refractivity contribution in [2.45, 2.75) is 12.2 Å². The molecular formula is C18H20O2. The van der Waals surface area contributed by atoms with Gasteiger partial charge in [0.1, 0.15) is 0 Å². The summed E-state index contributed by atoms with van der Waals surface area (Å²) >= 11 is 0. The lowest BCUT2D eigenvalue weighted by atomic mass is 10.1. The first-order valence-corrected chi connectivity index (χ1v) is 6.40. The Bertz CT molecular complexity index is 456. The fourth-order valence-electron chi connectivity index (χ4n) is 1.57. The highest BCUT2D eigenvalue weighted by atomic mass is 16.3. The average Bonchev–Trinajstić information content (AvgIpc) is 2.55. The summed E-state index contributed by atoms with van der Waals surface area (Å²) in [5.74, 6) is 0. The molecule has 2 unspecified atom stereocenters. The summed E-state index contributed by atoms with van der Waals surface area (Å²) in [6.45, 7) is 6.97. The molecule has 0 saturated carbocycles. The molecule has 0 saturated heterocycles. The van der Waals surface area contributed by atoms with E-state index in [0.717, 1.165) is 11.1 Å². The molecule has 2 aromatic carbocycles. The molecule has 2 atom stereocenters. The van der Waals surface area contributed by atoms with Crippen LogP contribution in [0.15, 0.2) is 86.0 Å². The molecule has 2 rings (SSSR count). The van der Waals surface area contributed by atoms with Crippen LogP contribution in [-0.4, -0.2) is 10.2 Å². The van der Waals surface area contributed by atoms with Crippen molar-refractivity contribution in [3.63, 3.8) is 0 Å². The summed E-state index contributed by atoms with van der Waals surface area (Å²) in [6, 6.07) is 18.9. The molecule has 0 spiro atoms. The van der Waals surface area contributed by atoms with E-state index < -0.39 is 12.2 Å². The molecule has 0 heterocycles. The molecule has 0 bridgehead atoms. The van der Waals surface area contributed by atoms with Gasteiger partial charge in [-0.2, -0.15) is 0 Å². The summed E-state index contributed by atoms with van der Waals surface area (Å²) < 4.78 is 0. The van der Waals surface area contributed by atoms with Crippen LogP contribution in [0, 0.1) is 0 Å². The maximum atomic E-state index is 9.21. The molecule has 104 valence electrons. The van der Waals surface area contributed by atoms with Gasteiger partial charge in [-0.05, 0) is 11.1 Å². The van der Waals surface area contributed by atoms with Crippen LogP contribution in [-0.2, 0) is 0 Å². The molecule has 0 radical (unpaired) electrons. The summed E-state index contributed by atoms with van der Waals surface area (Å²) in [5.41, 5.74) is 1.77. The fraction of sp³-hybridized carbons (Fsp3) is 0.111. The number of aliphatic hydroxyl groups is 2. The normalized spacial score (nSPS) is 12.5. The van der Waals surface area contributed by atoms with Crippen molar-refractivity contribution < 1.29 is 10.2 Å². The minimum atomic E-state index is -0.527. The summed E-state index contributed by atoms with van der Waals surface area (Å²) in [4.78, 5) is 0. The summed E-state index contributed by atoms with van der Waals surface area (Å²) in [5, 5.41) is 18.4. The Morgan fingerprint density at radius 1 is 0.650 bits per heavy atom. The number of benzene rings is 2. The van der Waals surface area contributed by atoms with Crippen LogP contribution in [0.25, 0.3) is 0 Å². The fourth-order valence-corrected chi connectivity index (χ4v) is 1.57. The first-order valence-electron chi connectivity index (χ1n) is 6.40. The number of rotatable bonds is 4. The Morgan fingerprint density at radius 2 is 0.950 bits per heavy atom. The Labute approximate surface area is 120 Å². The molecule has 0 aromatic heterocycles. The minimum Gasteiger partial charge on any atom is -0.384 e.